The van der Waals surface area contributed by atoms with Crippen LogP contribution in [0.4, 0.5) is 0 Å². The standard InChI is InChI=1S/C18H30O3/c1-15(2)13-17-5-7-18(8-6-17)16(3)14-21-12-11-20-10-9-19-4/h5-8,15-16H,9-14H2,1-4H3/t16-/m1/s1. The van der Waals surface area contributed by atoms with Crippen LogP contribution in [0.2, 0.25) is 0 Å². The Balaban J connectivity index is 2.21. The average molecular weight is 294 g/mol. The Bertz CT molecular complexity index is 359. The minimum Gasteiger partial charge on any atom is -0.382 e. The van der Waals surface area contributed by atoms with Crippen molar-refractivity contribution >= 4 is 0 Å². The van der Waals surface area contributed by atoms with Crippen LogP contribution in [0.5, 0.6) is 0 Å². The molecule has 0 radical (unpaired) electrons. The van der Waals surface area contributed by atoms with Crippen molar-refractivity contribution in [2.45, 2.75) is 33.1 Å². The van der Waals surface area contributed by atoms with E-state index in [0.717, 1.165) is 13.0 Å². The second kappa shape index (κ2) is 10.8. The van der Waals surface area contributed by atoms with Gasteiger partial charge in [0.2, 0.25) is 0 Å². The van der Waals surface area contributed by atoms with E-state index in [-0.39, 0.29) is 0 Å². The SMILES string of the molecule is COCCOCCOC[C@@H](C)c1ccc(CC(C)C)cc1. The molecule has 3 nitrogen and oxygen atoms in total. The number of rotatable bonds is 11. The largest absolute Gasteiger partial charge is 0.382 e. The quantitative estimate of drug-likeness (QED) is 0.583. The summed E-state index contributed by atoms with van der Waals surface area (Å²) in [7, 11) is 1.67. The van der Waals surface area contributed by atoms with Crippen LogP contribution in [0.15, 0.2) is 24.3 Å². The molecular weight excluding hydrogens is 264 g/mol. The lowest BCUT2D eigenvalue weighted by Gasteiger charge is -2.14. The molecule has 0 aliphatic rings. The third kappa shape index (κ3) is 8.20. The number of benzene rings is 1. The van der Waals surface area contributed by atoms with Gasteiger partial charge < -0.3 is 14.2 Å². The molecule has 1 aromatic rings. The van der Waals surface area contributed by atoms with E-state index in [9.17, 15) is 0 Å². The molecule has 3 heteroatoms. The first-order valence-electron chi connectivity index (χ1n) is 7.86. The molecule has 0 fully saturated rings. The van der Waals surface area contributed by atoms with Gasteiger partial charge in [-0.1, -0.05) is 45.0 Å². The fourth-order valence-corrected chi connectivity index (χ4v) is 2.17. The minimum absolute atomic E-state index is 0.414. The van der Waals surface area contributed by atoms with Crippen LogP contribution < -0.4 is 0 Å². The summed E-state index contributed by atoms with van der Waals surface area (Å²) in [5.41, 5.74) is 2.75. The van der Waals surface area contributed by atoms with Gasteiger partial charge in [-0.05, 0) is 23.5 Å². The molecule has 1 atom stereocenters. The van der Waals surface area contributed by atoms with Gasteiger partial charge in [-0.3, -0.25) is 0 Å². The zero-order valence-corrected chi connectivity index (χ0v) is 13.9. The Hall–Kier alpha value is -0.900. The Morgan fingerprint density at radius 3 is 2.10 bits per heavy atom. The number of methoxy groups -OCH3 is 1. The van der Waals surface area contributed by atoms with Crippen LogP contribution in [0.3, 0.4) is 0 Å². The van der Waals surface area contributed by atoms with Crippen LogP contribution in [-0.4, -0.2) is 40.1 Å². The normalized spacial score (nSPS) is 12.8. The minimum atomic E-state index is 0.414. The van der Waals surface area contributed by atoms with E-state index in [0.29, 0.717) is 38.3 Å². The van der Waals surface area contributed by atoms with Crippen molar-refractivity contribution < 1.29 is 14.2 Å². The molecular formula is C18H30O3. The van der Waals surface area contributed by atoms with Gasteiger partial charge in [0.1, 0.15) is 0 Å². The van der Waals surface area contributed by atoms with Crippen LogP contribution >= 0.6 is 0 Å². The molecule has 0 aromatic heterocycles. The van der Waals surface area contributed by atoms with Gasteiger partial charge >= 0.3 is 0 Å². The first-order chi connectivity index (χ1) is 10.1. The van der Waals surface area contributed by atoms with Gasteiger partial charge in [0.25, 0.3) is 0 Å². The third-order valence-corrected chi connectivity index (χ3v) is 3.36. The smallest absolute Gasteiger partial charge is 0.0701 e. The van der Waals surface area contributed by atoms with Crippen LogP contribution in [0.25, 0.3) is 0 Å². The summed E-state index contributed by atoms with van der Waals surface area (Å²) in [5.74, 6) is 1.12. The summed E-state index contributed by atoms with van der Waals surface area (Å²) in [5, 5.41) is 0. The van der Waals surface area contributed by atoms with Gasteiger partial charge in [-0.2, -0.15) is 0 Å². The van der Waals surface area contributed by atoms with Crippen molar-refractivity contribution in [2.75, 3.05) is 40.1 Å². The van der Waals surface area contributed by atoms with Crippen molar-refractivity contribution in [3.63, 3.8) is 0 Å². The molecule has 0 bridgehead atoms. The fourth-order valence-electron chi connectivity index (χ4n) is 2.17. The highest BCUT2D eigenvalue weighted by molar-refractivity contribution is 5.25. The number of hydrogen-bond donors (Lipinski definition) is 0. The highest BCUT2D eigenvalue weighted by Crippen LogP contribution is 2.17. The zero-order chi connectivity index (χ0) is 15.5. The van der Waals surface area contributed by atoms with E-state index < -0.39 is 0 Å². The first kappa shape index (κ1) is 18.1. The lowest BCUT2D eigenvalue weighted by atomic mass is 9.97. The Labute approximate surface area is 129 Å². The summed E-state index contributed by atoms with van der Waals surface area (Å²) in [6.07, 6.45) is 1.14. The summed E-state index contributed by atoms with van der Waals surface area (Å²) >= 11 is 0. The number of hydrogen-bond acceptors (Lipinski definition) is 3. The monoisotopic (exact) mass is 294 g/mol. The summed E-state index contributed by atoms with van der Waals surface area (Å²) in [6, 6.07) is 8.92. The van der Waals surface area contributed by atoms with Crippen molar-refractivity contribution in [1.82, 2.24) is 0 Å². The Morgan fingerprint density at radius 2 is 1.48 bits per heavy atom. The van der Waals surface area contributed by atoms with Gasteiger partial charge in [0.15, 0.2) is 0 Å². The molecule has 21 heavy (non-hydrogen) atoms. The lowest BCUT2D eigenvalue weighted by Crippen LogP contribution is -2.11. The molecule has 0 saturated carbocycles. The topological polar surface area (TPSA) is 27.7 Å². The van der Waals surface area contributed by atoms with Crippen molar-refractivity contribution in [1.29, 1.82) is 0 Å². The predicted octanol–water partition coefficient (Wildman–Crippen LogP) is 3.67. The fraction of sp³-hybridized carbons (Fsp3) is 0.667. The third-order valence-electron chi connectivity index (χ3n) is 3.36. The van der Waals surface area contributed by atoms with Crippen molar-refractivity contribution in [3.05, 3.63) is 35.4 Å². The molecule has 1 aromatic carbocycles. The van der Waals surface area contributed by atoms with Gasteiger partial charge in [0, 0.05) is 13.0 Å². The molecule has 0 aliphatic heterocycles. The highest BCUT2D eigenvalue weighted by atomic mass is 16.5. The average Bonchev–Trinajstić information content (AvgIpc) is 2.46. The van der Waals surface area contributed by atoms with E-state index >= 15 is 0 Å². The van der Waals surface area contributed by atoms with E-state index in [4.69, 9.17) is 14.2 Å². The van der Waals surface area contributed by atoms with Crippen LogP contribution in [-0.2, 0) is 20.6 Å². The van der Waals surface area contributed by atoms with E-state index in [1.165, 1.54) is 11.1 Å². The molecule has 0 amide bonds. The second-order valence-electron chi connectivity index (χ2n) is 5.92. The highest BCUT2D eigenvalue weighted by Gasteiger charge is 2.06. The summed E-state index contributed by atoms with van der Waals surface area (Å²) < 4.78 is 15.9. The van der Waals surface area contributed by atoms with Crippen molar-refractivity contribution in [3.8, 4) is 0 Å². The van der Waals surface area contributed by atoms with Crippen molar-refractivity contribution in [2.24, 2.45) is 5.92 Å². The second-order valence-corrected chi connectivity index (χ2v) is 5.92. The van der Waals surface area contributed by atoms with Gasteiger partial charge in [-0.25, -0.2) is 0 Å². The maximum Gasteiger partial charge on any atom is 0.0701 e. The zero-order valence-electron chi connectivity index (χ0n) is 13.9. The molecule has 0 aliphatic carbocycles. The van der Waals surface area contributed by atoms with E-state index in [2.05, 4.69) is 45.0 Å². The Morgan fingerprint density at radius 1 is 0.857 bits per heavy atom. The maximum atomic E-state index is 5.66. The molecule has 0 unspecified atom stereocenters. The molecule has 0 spiro atoms. The molecule has 1 rings (SSSR count). The van der Waals surface area contributed by atoms with Gasteiger partial charge in [0.05, 0.1) is 33.0 Å². The summed E-state index contributed by atoms with van der Waals surface area (Å²) in [4.78, 5) is 0. The van der Waals surface area contributed by atoms with Gasteiger partial charge in [-0.15, -0.1) is 0 Å². The van der Waals surface area contributed by atoms with E-state index in [1.807, 2.05) is 0 Å². The lowest BCUT2D eigenvalue weighted by molar-refractivity contribution is 0.0222. The number of ether oxygens (including phenoxy) is 3. The maximum absolute atomic E-state index is 5.66. The molecule has 0 heterocycles. The van der Waals surface area contributed by atoms with E-state index in [1.54, 1.807) is 7.11 Å². The first-order valence-corrected chi connectivity index (χ1v) is 7.86. The van der Waals surface area contributed by atoms with Crippen LogP contribution in [0.1, 0.15) is 37.8 Å². The molecule has 120 valence electrons. The predicted molar refractivity (Wildman–Crippen MR) is 86.9 cm³/mol. The Kier molecular flexibility index (Phi) is 9.31. The molecule has 0 N–H and O–H groups in total. The van der Waals surface area contributed by atoms with Crippen LogP contribution in [0, 0.1) is 5.92 Å². The summed E-state index contributed by atoms with van der Waals surface area (Å²) in [6.45, 7) is 9.97. The molecule has 0 saturated heterocycles.